The van der Waals surface area contributed by atoms with E-state index in [2.05, 4.69) is 28.0 Å². The first-order valence-electron chi connectivity index (χ1n) is 6.55. The normalized spacial score (nSPS) is 20.6. The van der Waals surface area contributed by atoms with E-state index in [1.54, 1.807) is 0 Å². The molecule has 0 aliphatic carbocycles. The molecule has 0 aromatic carbocycles. The van der Waals surface area contributed by atoms with E-state index in [9.17, 15) is 0 Å². The van der Waals surface area contributed by atoms with Gasteiger partial charge >= 0.3 is 0 Å². The summed E-state index contributed by atoms with van der Waals surface area (Å²) in [7, 11) is 0. The van der Waals surface area contributed by atoms with Crippen molar-refractivity contribution in [2.45, 2.75) is 19.8 Å². The molecule has 96 valence electrons. The molecule has 1 saturated heterocycles. The molecular formula is C13H19N5. The van der Waals surface area contributed by atoms with Crippen LogP contribution in [0.2, 0.25) is 0 Å². The van der Waals surface area contributed by atoms with E-state index >= 15 is 0 Å². The number of piperidine rings is 1. The lowest BCUT2D eigenvalue weighted by atomic mass is 9.99. The van der Waals surface area contributed by atoms with Gasteiger partial charge in [0.15, 0.2) is 5.65 Å². The highest BCUT2D eigenvalue weighted by Crippen LogP contribution is 2.21. The van der Waals surface area contributed by atoms with Gasteiger partial charge < -0.3 is 10.6 Å². The zero-order valence-corrected chi connectivity index (χ0v) is 10.7. The van der Waals surface area contributed by atoms with Gasteiger partial charge in [0.05, 0.1) is 0 Å². The zero-order chi connectivity index (χ0) is 12.5. The number of fused-ring (bicyclic) bond motifs is 1. The molecular weight excluding hydrogens is 226 g/mol. The summed E-state index contributed by atoms with van der Waals surface area (Å²) >= 11 is 0. The van der Waals surface area contributed by atoms with E-state index in [0.717, 1.165) is 36.8 Å². The minimum Gasteiger partial charge on any atom is -0.339 e. The van der Waals surface area contributed by atoms with Gasteiger partial charge in [-0.2, -0.15) is 4.98 Å². The van der Waals surface area contributed by atoms with E-state index in [0.29, 0.717) is 5.92 Å². The van der Waals surface area contributed by atoms with Gasteiger partial charge in [-0.3, -0.25) is 0 Å². The maximum absolute atomic E-state index is 5.77. The summed E-state index contributed by atoms with van der Waals surface area (Å²) in [6.45, 7) is 4.83. The molecule has 2 aromatic heterocycles. The molecule has 1 atom stereocenters. The van der Waals surface area contributed by atoms with E-state index in [-0.39, 0.29) is 0 Å². The van der Waals surface area contributed by atoms with Gasteiger partial charge in [-0.25, -0.2) is 4.52 Å². The van der Waals surface area contributed by atoms with Crippen LogP contribution in [0.1, 0.15) is 18.4 Å². The van der Waals surface area contributed by atoms with Crippen LogP contribution in [0.15, 0.2) is 18.3 Å². The second-order valence-corrected chi connectivity index (χ2v) is 5.06. The largest absolute Gasteiger partial charge is 0.339 e. The number of hydrogen-bond acceptors (Lipinski definition) is 4. The Morgan fingerprint density at radius 2 is 2.39 bits per heavy atom. The van der Waals surface area contributed by atoms with Crippen LogP contribution >= 0.6 is 0 Å². The molecule has 0 amide bonds. The zero-order valence-electron chi connectivity index (χ0n) is 10.7. The average molecular weight is 245 g/mol. The van der Waals surface area contributed by atoms with Gasteiger partial charge in [0.25, 0.3) is 0 Å². The van der Waals surface area contributed by atoms with Crippen LogP contribution in [0.25, 0.3) is 5.65 Å². The molecule has 0 radical (unpaired) electrons. The third-order valence-corrected chi connectivity index (χ3v) is 3.68. The molecule has 1 aliphatic rings. The Kier molecular flexibility index (Phi) is 2.91. The second kappa shape index (κ2) is 4.57. The van der Waals surface area contributed by atoms with E-state index < -0.39 is 0 Å². The highest BCUT2D eigenvalue weighted by molar-refractivity contribution is 5.50. The average Bonchev–Trinajstić information content (AvgIpc) is 2.84. The van der Waals surface area contributed by atoms with E-state index in [1.165, 1.54) is 12.8 Å². The minimum atomic E-state index is 0.575. The van der Waals surface area contributed by atoms with Crippen molar-refractivity contribution in [2.75, 3.05) is 24.5 Å². The third-order valence-electron chi connectivity index (χ3n) is 3.68. The lowest BCUT2D eigenvalue weighted by Crippen LogP contribution is -2.39. The van der Waals surface area contributed by atoms with E-state index in [4.69, 9.17) is 5.73 Å². The molecule has 5 nitrogen and oxygen atoms in total. The maximum Gasteiger partial charge on any atom is 0.245 e. The molecule has 0 spiro atoms. The number of nitrogens with two attached hydrogens (primary N) is 1. The summed E-state index contributed by atoms with van der Waals surface area (Å²) in [4.78, 5) is 6.90. The van der Waals surface area contributed by atoms with Crippen molar-refractivity contribution < 1.29 is 0 Å². The summed E-state index contributed by atoms with van der Waals surface area (Å²) in [5.41, 5.74) is 7.87. The molecule has 1 aliphatic heterocycles. The third kappa shape index (κ3) is 1.95. The number of rotatable bonds is 2. The predicted molar refractivity (Wildman–Crippen MR) is 71.7 cm³/mol. The van der Waals surface area contributed by atoms with Gasteiger partial charge in [-0.05, 0) is 43.9 Å². The molecule has 2 N–H and O–H groups in total. The summed E-state index contributed by atoms with van der Waals surface area (Å²) < 4.78 is 1.86. The van der Waals surface area contributed by atoms with Crippen molar-refractivity contribution in [2.24, 2.45) is 11.7 Å². The lowest BCUT2D eigenvalue weighted by Gasteiger charge is -2.31. The van der Waals surface area contributed by atoms with Crippen molar-refractivity contribution in [1.29, 1.82) is 0 Å². The maximum atomic E-state index is 5.77. The van der Waals surface area contributed by atoms with Crippen molar-refractivity contribution in [3.63, 3.8) is 0 Å². The number of hydrogen-bond donors (Lipinski definition) is 1. The van der Waals surface area contributed by atoms with Crippen LogP contribution in [0.4, 0.5) is 5.95 Å². The van der Waals surface area contributed by atoms with E-state index in [1.807, 2.05) is 16.8 Å². The fourth-order valence-corrected chi connectivity index (χ4v) is 2.60. The quantitative estimate of drug-likeness (QED) is 0.864. The fraction of sp³-hybridized carbons (Fsp3) is 0.538. The Balaban J connectivity index is 1.92. The van der Waals surface area contributed by atoms with Crippen molar-refractivity contribution >= 4 is 11.6 Å². The van der Waals surface area contributed by atoms with Gasteiger partial charge in [0.1, 0.15) is 0 Å². The van der Waals surface area contributed by atoms with Crippen LogP contribution in [-0.2, 0) is 0 Å². The number of nitrogens with zero attached hydrogens (tertiary/aromatic N) is 4. The summed E-state index contributed by atoms with van der Waals surface area (Å²) in [6, 6.07) is 4.06. The van der Waals surface area contributed by atoms with Gasteiger partial charge in [-0.1, -0.05) is 6.07 Å². The SMILES string of the molecule is Cc1cccn2nc(N3CCCC(CN)C3)nc12. The summed E-state index contributed by atoms with van der Waals surface area (Å²) in [6.07, 6.45) is 4.35. The van der Waals surface area contributed by atoms with Crippen molar-refractivity contribution in [1.82, 2.24) is 14.6 Å². The second-order valence-electron chi connectivity index (χ2n) is 5.06. The number of aryl methyl sites for hydroxylation is 1. The smallest absolute Gasteiger partial charge is 0.245 e. The van der Waals surface area contributed by atoms with Gasteiger partial charge in [0, 0.05) is 19.3 Å². The highest BCUT2D eigenvalue weighted by Gasteiger charge is 2.22. The Labute approximate surface area is 107 Å². The van der Waals surface area contributed by atoms with Crippen molar-refractivity contribution in [3.05, 3.63) is 23.9 Å². The lowest BCUT2D eigenvalue weighted by molar-refractivity contribution is 0.419. The molecule has 18 heavy (non-hydrogen) atoms. The number of aromatic nitrogens is 3. The summed E-state index contributed by atoms with van der Waals surface area (Å²) in [5.74, 6) is 1.41. The molecule has 3 rings (SSSR count). The molecule has 0 bridgehead atoms. The number of pyridine rings is 1. The van der Waals surface area contributed by atoms with Gasteiger partial charge in [-0.15, -0.1) is 5.10 Å². The van der Waals surface area contributed by atoms with Crippen LogP contribution in [-0.4, -0.2) is 34.2 Å². The number of anilines is 1. The molecule has 1 fully saturated rings. The van der Waals surface area contributed by atoms with Crippen LogP contribution in [0.5, 0.6) is 0 Å². The first-order chi connectivity index (χ1) is 8.78. The Hall–Kier alpha value is -1.62. The molecule has 1 unspecified atom stereocenters. The predicted octanol–water partition coefficient (Wildman–Crippen LogP) is 1.21. The molecule has 3 heterocycles. The topological polar surface area (TPSA) is 59.5 Å². The van der Waals surface area contributed by atoms with Crippen molar-refractivity contribution in [3.8, 4) is 0 Å². The Morgan fingerprint density at radius 3 is 3.17 bits per heavy atom. The Bertz CT molecular complexity index is 547. The van der Waals surface area contributed by atoms with Crippen LogP contribution in [0, 0.1) is 12.8 Å². The van der Waals surface area contributed by atoms with Crippen LogP contribution in [0.3, 0.4) is 0 Å². The monoisotopic (exact) mass is 245 g/mol. The van der Waals surface area contributed by atoms with Gasteiger partial charge in [0.2, 0.25) is 5.95 Å². The highest BCUT2D eigenvalue weighted by atomic mass is 15.4. The first-order valence-corrected chi connectivity index (χ1v) is 6.55. The van der Waals surface area contributed by atoms with Crippen LogP contribution < -0.4 is 10.6 Å². The molecule has 2 aromatic rings. The standard InChI is InChI=1S/C13H19N5/c1-10-4-2-7-18-12(10)15-13(16-18)17-6-3-5-11(8-14)9-17/h2,4,7,11H,3,5-6,8-9,14H2,1H3. The molecule has 0 saturated carbocycles. The first kappa shape index (κ1) is 11.5. The summed E-state index contributed by atoms with van der Waals surface area (Å²) in [5, 5.41) is 4.56. The fourth-order valence-electron chi connectivity index (χ4n) is 2.60. The minimum absolute atomic E-state index is 0.575. The Morgan fingerprint density at radius 1 is 1.50 bits per heavy atom. The molecule has 5 heteroatoms.